The lowest BCUT2D eigenvalue weighted by molar-refractivity contribution is 0.467. The SMILES string of the molecule is CNCCCc1cc(Cl)ccc1Oc1cc(F)c(S(=O)(=O)Nc2cscn2)cc1Cl. The Balaban J connectivity index is 1.88. The van der Waals surface area contributed by atoms with Gasteiger partial charge in [0.05, 0.1) is 10.5 Å². The third-order valence-electron chi connectivity index (χ3n) is 4.06. The van der Waals surface area contributed by atoms with Gasteiger partial charge >= 0.3 is 0 Å². The first-order valence-electron chi connectivity index (χ1n) is 8.81. The molecule has 30 heavy (non-hydrogen) atoms. The van der Waals surface area contributed by atoms with Gasteiger partial charge in [0, 0.05) is 16.5 Å². The van der Waals surface area contributed by atoms with Crippen LogP contribution in [-0.4, -0.2) is 27.0 Å². The number of thiazole rings is 1. The molecular weight excluding hydrogens is 472 g/mol. The minimum Gasteiger partial charge on any atom is -0.455 e. The van der Waals surface area contributed by atoms with Crippen molar-refractivity contribution >= 4 is 50.4 Å². The van der Waals surface area contributed by atoms with Crippen LogP contribution in [0.4, 0.5) is 10.2 Å². The highest BCUT2D eigenvalue weighted by Gasteiger charge is 2.23. The molecule has 0 spiro atoms. The molecule has 2 N–H and O–H groups in total. The van der Waals surface area contributed by atoms with Crippen molar-refractivity contribution in [3.05, 3.63) is 62.6 Å². The zero-order valence-corrected chi connectivity index (χ0v) is 18.9. The summed E-state index contributed by atoms with van der Waals surface area (Å²) in [5.41, 5.74) is 2.29. The van der Waals surface area contributed by atoms with Crippen LogP contribution in [0.1, 0.15) is 12.0 Å². The van der Waals surface area contributed by atoms with E-state index >= 15 is 0 Å². The van der Waals surface area contributed by atoms with Crippen LogP contribution in [0.5, 0.6) is 11.5 Å². The van der Waals surface area contributed by atoms with Gasteiger partial charge in [0.2, 0.25) is 0 Å². The van der Waals surface area contributed by atoms with E-state index in [-0.39, 0.29) is 16.6 Å². The quantitative estimate of drug-likeness (QED) is 0.396. The smallest absolute Gasteiger partial charge is 0.266 e. The average Bonchev–Trinajstić information content (AvgIpc) is 3.18. The fourth-order valence-corrected chi connectivity index (χ4v) is 4.77. The van der Waals surface area contributed by atoms with E-state index in [2.05, 4.69) is 15.0 Å². The number of benzene rings is 2. The van der Waals surface area contributed by atoms with E-state index in [0.717, 1.165) is 30.7 Å². The highest BCUT2D eigenvalue weighted by Crippen LogP contribution is 2.36. The molecule has 6 nitrogen and oxygen atoms in total. The van der Waals surface area contributed by atoms with Crippen LogP contribution in [0.3, 0.4) is 0 Å². The molecule has 3 rings (SSSR count). The molecule has 0 fully saturated rings. The Morgan fingerprint density at radius 1 is 1.20 bits per heavy atom. The third kappa shape index (κ3) is 5.61. The number of halogens is 3. The van der Waals surface area contributed by atoms with Gasteiger partial charge in [-0.3, -0.25) is 4.72 Å². The van der Waals surface area contributed by atoms with Crippen molar-refractivity contribution in [2.45, 2.75) is 17.7 Å². The van der Waals surface area contributed by atoms with Gasteiger partial charge in [0.1, 0.15) is 22.2 Å². The molecule has 11 heteroatoms. The molecule has 0 aliphatic rings. The molecule has 3 aromatic rings. The fraction of sp³-hybridized carbons (Fsp3) is 0.211. The molecule has 0 amide bonds. The summed E-state index contributed by atoms with van der Waals surface area (Å²) in [5.74, 6) is -0.432. The third-order valence-corrected chi connectivity index (χ3v) is 6.55. The van der Waals surface area contributed by atoms with E-state index in [4.69, 9.17) is 27.9 Å². The van der Waals surface area contributed by atoms with Crippen molar-refractivity contribution in [1.29, 1.82) is 0 Å². The highest BCUT2D eigenvalue weighted by atomic mass is 35.5. The number of sulfonamides is 1. The number of hydrogen-bond donors (Lipinski definition) is 2. The lowest BCUT2D eigenvalue weighted by atomic mass is 10.1. The molecule has 0 saturated carbocycles. The van der Waals surface area contributed by atoms with Crippen molar-refractivity contribution in [3.8, 4) is 11.5 Å². The first kappa shape index (κ1) is 22.8. The molecule has 0 bridgehead atoms. The molecule has 0 atom stereocenters. The molecule has 160 valence electrons. The molecule has 1 heterocycles. The van der Waals surface area contributed by atoms with E-state index in [9.17, 15) is 12.8 Å². The number of aryl methyl sites for hydroxylation is 1. The topological polar surface area (TPSA) is 80.3 Å². The van der Waals surface area contributed by atoms with E-state index in [1.807, 2.05) is 7.05 Å². The molecule has 2 aromatic carbocycles. The Kier molecular flexibility index (Phi) is 7.54. The molecule has 1 aromatic heterocycles. The monoisotopic (exact) mass is 489 g/mol. The van der Waals surface area contributed by atoms with Crippen molar-refractivity contribution in [1.82, 2.24) is 10.3 Å². The lowest BCUT2D eigenvalue weighted by Gasteiger charge is -2.14. The largest absolute Gasteiger partial charge is 0.455 e. The predicted molar refractivity (Wildman–Crippen MR) is 118 cm³/mol. The van der Waals surface area contributed by atoms with Crippen LogP contribution in [0.25, 0.3) is 0 Å². The van der Waals surface area contributed by atoms with Crippen molar-refractivity contribution in [3.63, 3.8) is 0 Å². The summed E-state index contributed by atoms with van der Waals surface area (Å²) in [6.07, 6.45) is 1.52. The van der Waals surface area contributed by atoms with Crippen LogP contribution < -0.4 is 14.8 Å². The maximum Gasteiger partial charge on any atom is 0.266 e. The Morgan fingerprint density at radius 2 is 2.00 bits per heavy atom. The summed E-state index contributed by atoms with van der Waals surface area (Å²) in [4.78, 5) is 3.23. The van der Waals surface area contributed by atoms with Gasteiger partial charge in [-0.2, -0.15) is 0 Å². The Bertz CT molecular complexity index is 1130. The Morgan fingerprint density at radius 3 is 2.70 bits per heavy atom. The van der Waals surface area contributed by atoms with Crippen LogP contribution in [0, 0.1) is 5.82 Å². The van der Waals surface area contributed by atoms with Crippen LogP contribution in [0.2, 0.25) is 10.0 Å². The summed E-state index contributed by atoms with van der Waals surface area (Å²) in [5, 5.41) is 5.05. The molecule has 0 aliphatic heterocycles. The minimum atomic E-state index is -4.20. The van der Waals surface area contributed by atoms with Gasteiger partial charge in [0.15, 0.2) is 5.82 Å². The minimum absolute atomic E-state index is 0.000959. The summed E-state index contributed by atoms with van der Waals surface area (Å²) >= 11 is 13.5. The molecule has 0 unspecified atom stereocenters. The second-order valence-electron chi connectivity index (χ2n) is 6.25. The standard InChI is InChI=1S/C19H18Cl2FN3O3S2/c1-23-6-2-3-12-7-13(20)4-5-16(12)28-17-9-15(22)18(8-14(17)21)30(26,27)25-19-10-29-11-24-19/h4-5,7-11,23,25H,2-3,6H2,1H3. The lowest BCUT2D eigenvalue weighted by Crippen LogP contribution is -2.15. The normalized spacial score (nSPS) is 11.5. The summed E-state index contributed by atoms with van der Waals surface area (Å²) in [7, 11) is -2.34. The second-order valence-corrected chi connectivity index (χ2v) is 9.47. The molecular formula is C19H18Cl2FN3O3S2. The van der Waals surface area contributed by atoms with Gasteiger partial charge in [0.25, 0.3) is 10.0 Å². The van der Waals surface area contributed by atoms with Crippen LogP contribution >= 0.6 is 34.5 Å². The average molecular weight is 490 g/mol. The van der Waals surface area contributed by atoms with Gasteiger partial charge in [-0.25, -0.2) is 17.8 Å². The van der Waals surface area contributed by atoms with Crippen molar-refractivity contribution < 1.29 is 17.5 Å². The van der Waals surface area contributed by atoms with E-state index in [1.165, 1.54) is 22.2 Å². The molecule has 0 radical (unpaired) electrons. The van der Waals surface area contributed by atoms with Crippen molar-refractivity contribution in [2.24, 2.45) is 0 Å². The van der Waals surface area contributed by atoms with Gasteiger partial charge in [-0.1, -0.05) is 23.2 Å². The highest BCUT2D eigenvalue weighted by molar-refractivity contribution is 7.92. The molecule has 0 aliphatic carbocycles. The van der Waals surface area contributed by atoms with Crippen LogP contribution in [-0.2, 0) is 16.4 Å². The predicted octanol–water partition coefficient (Wildman–Crippen LogP) is 5.33. The summed E-state index contributed by atoms with van der Waals surface area (Å²) in [6, 6.07) is 7.05. The first-order chi connectivity index (χ1) is 14.3. The zero-order chi connectivity index (χ0) is 21.7. The number of nitrogens with one attached hydrogen (secondary N) is 2. The van der Waals surface area contributed by atoms with Gasteiger partial charge < -0.3 is 10.1 Å². The van der Waals surface area contributed by atoms with Crippen LogP contribution in [0.15, 0.2) is 46.1 Å². The number of rotatable bonds is 9. The number of hydrogen-bond acceptors (Lipinski definition) is 6. The van der Waals surface area contributed by atoms with Gasteiger partial charge in [-0.05, 0) is 56.3 Å². The van der Waals surface area contributed by atoms with E-state index in [0.29, 0.717) is 17.2 Å². The summed E-state index contributed by atoms with van der Waals surface area (Å²) < 4.78 is 47.6. The zero-order valence-electron chi connectivity index (χ0n) is 15.8. The first-order valence-corrected chi connectivity index (χ1v) is 12.0. The number of ether oxygens (including phenoxy) is 1. The molecule has 0 saturated heterocycles. The summed E-state index contributed by atoms with van der Waals surface area (Å²) in [6.45, 7) is 0.805. The fourth-order valence-electron chi connectivity index (χ4n) is 2.67. The number of anilines is 1. The maximum absolute atomic E-state index is 14.7. The maximum atomic E-state index is 14.7. The van der Waals surface area contributed by atoms with E-state index in [1.54, 1.807) is 18.2 Å². The second kappa shape index (κ2) is 9.93. The number of aromatic nitrogens is 1. The number of nitrogens with zero attached hydrogens (tertiary/aromatic N) is 1. The Labute approximate surface area is 188 Å². The van der Waals surface area contributed by atoms with E-state index < -0.39 is 20.7 Å². The van der Waals surface area contributed by atoms with Crippen molar-refractivity contribution in [2.75, 3.05) is 18.3 Å². The Hall–Kier alpha value is -1.91. The van der Waals surface area contributed by atoms with Gasteiger partial charge in [-0.15, -0.1) is 11.3 Å².